The van der Waals surface area contributed by atoms with Crippen LogP contribution in [-0.4, -0.2) is 49.6 Å². The SMILES string of the molecule is COc1ccc(COc2cc(N3CCOCC3)cc(-c3cccc4c3Oc3ccc(NC(=O)O)cc3CC4)n2)cc1. The Morgan fingerprint density at radius 1 is 1.00 bits per heavy atom. The zero-order valence-corrected chi connectivity index (χ0v) is 22.8. The largest absolute Gasteiger partial charge is 0.497 e. The molecule has 1 aromatic heterocycles. The summed E-state index contributed by atoms with van der Waals surface area (Å²) in [5.74, 6) is 2.77. The van der Waals surface area contributed by atoms with E-state index in [0.29, 0.717) is 37.1 Å². The Bertz CT molecular complexity index is 1550. The number of pyridine rings is 1. The van der Waals surface area contributed by atoms with E-state index in [4.69, 9.17) is 29.0 Å². The van der Waals surface area contributed by atoms with Gasteiger partial charge in [0.1, 0.15) is 23.9 Å². The van der Waals surface area contributed by atoms with Crippen LogP contribution < -0.4 is 24.4 Å². The second-order valence-corrected chi connectivity index (χ2v) is 9.93. The number of aryl methyl sites for hydroxylation is 2. The number of anilines is 2. The van der Waals surface area contributed by atoms with Crippen LogP contribution in [0.15, 0.2) is 72.8 Å². The van der Waals surface area contributed by atoms with Crippen molar-refractivity contribution in [2.24, 2.45) is 0 Å². The molecule has 0 aliphatic carbocycles. The summed E-state index contributed by atoms with van der Waals surface area (Å²) < 4.78 is 23.6. The van der Waals surface area contributed by atoms with Crippen LogP contribution in [0.25, 0.3) is 11.3 Å². The van der Waals surface area contributed by atoms with Gasteiger partial charge in [-0.3, -0.25) is 5.32 Å². The van der Waals surface area contributed by atoms with Gasteiger partial charge in [0.15, 0.2) is 0 Å². The molecule has 2 N–H and O–H groups in total. The van der Waals surface area contributed by atoms with E-state index in [2.05, 4.69) is 22.3 Å². The highest BCUT2D eigenvalue weighted by atomic mass is 16.5. The molecule has 0 saturated carbocycles. The second kappa shape index (κ2) is 11.8. The molecule has 9 heteroatoms. The molecule has 3 aromatic carbocycles. The molecule has 1 fully saturated rings. The minimum atomic E-state index is -1.10. The lowest BCUT2D eigenvalue weighted by atomic mass is 10.0. The van der Waals surface area contributed by atoms with Gasteiger partial charge in [-0.15, -0.1) is 0 Å². The Labute approximate surface area is 238 Å². The Kier molecular flexibility index (Phi) is 7.60. The van der Waals surface area contributed by atoms with Crippen LogP contribution in [-0.2, 0) is 24.2 Å². The topological polar surface area (TPSA) is 102 Å². The highest BCUT2D eigenvalue weighted by Crippen LogP contribution is 2.42. The second-order valence-electron chi connectivity index (χ2n) is 9.93. The molecule has 0 unspecified atom stereocenters. The number of aromatic nitrogens is 1. The fourth-order valence-corrected chi connectivity index (χ4v) is 5.15. The van der Waals surface area contributed by atoms with E-state index in [1.54, 1.807) is 13.2 Å². The van der Waals surface area contributed by atoms with Gasteiger partial charge in [0.05, 0.1) is 26.0 Å². The molecular weight excluding hydrogens is 522 g/mol. The van der Waals surface area contributed by atoms with Crippen molar-refractivity contribution in [3.05, 3.63) is 89.5 Å². The fourth-order valence-electron chi connectivity index (χ4n) is 5.15. The number of hydrogen-bond acceptors (Lipinski definition) is 7. The lowest BCUT2D eigenvalue weighted by Crippen LogP contribution is -2.36. The van der Waals surface area contributed by atoms with E-state index in [1.807, 2.05) is 54.6 Å². The number of morpholine rings is 1. The van der Waals surface area contributed by atoms with Crippen LogP contribution in [0.2, 0.25) is 0 Å². The van der Waals surface area contributed by atoms with Crippen LogP contribution >= 0.6 is 0 Å². The maximum atomic E-state index is 11.1. The summed E-state index contributed by atoms with van der Waals surface area (Å²) in [6.45, 7) is 3.26. The number of nitrogens with zero attached hydrogens (tertiary/aromatic N) is 2. The summed E-state index contributed by atoms with van der Waals surface area (Å²) in [5.41, 5.74) is 6.16. The predicted octanol–water partition coefficient (Wildman–Crippen LogP) is 6.15. The molecule has 0 radical (unpaired) electrons. The van der Waals surface area contributed by atoms with Gasteiger partial charge in [-0.25, -0.2) is 9.78 Å². The highest BCUT2D eigenvalue weighted by Gasteiger charge is 2.22. The van der Waals surface area contributed by atoms with Crippen LogP contribution in [0.1, 0.15) is 16.7 Å². The first-order valence-electron chi connectivity index (χ1n) is 13.6. The molecule has 1 saturated heterocycles. The summed E-state index contributed by atoms with van der Waals surface area (Å²) in [6.07, 6.45) is 0.371. The minimum absolute atomic E-state index is 0.368. The van der Waals surface area contributed by atoms with Gasteiger partial charge in [-0.05, 0) is 72.0 Å². The predicted molar refractivity (Wildman–Crippen MR) is 156 cm³/mol. The van der Waals surface area contributed by atoms with E-state index in [9.17, 15) is 4.79 Å². The van der Waals surface area contributed by atoms with Gasteiger partial charge in [-0.2, -0.15) is 0 Å². The molecule has 9 nitrogen and oxygen atoms in total. The number of amides is 1. The summed E-state index contributed by atoms with van der Waals surface area (Å²) in [6, 6.07) is 23.3. The van der Waals surface area contributed by atoms with Crippen molar-refractivity contribution in [3.8, 4) is 34.4 Å². The van der Waals surface area contributed by atoms with Gasteiger partial charge < -0.3 is 29.0 Å². The van der Waals surface area contributed by atoms with E-state index in [-0.39, 0.29) is 0 Å². The number of carbonyl (C=O) groups is 1. The van der Waals surface area contributed by atoms with Gasteiger partial charge in [-0.1, -0.05) is 24.3 Å². The molecule has 0 bridgehead atoms. The van der Waals surface area contributed by atoms with Crippen LogP contribution in [0.5, 0.6) is 23.1 Å². The molecule has 3 heterocycles. The molecule has 210 valence electrons. The molecule has 0 atom stereocenters. The van der Waals surface area contributed by atoms with E-state index >= 15 is 0 Å². The van der Waals surface area contributed by atoms with Crippen LogP contribution in [0.3, 0.4) is 0 Å². The van der Waals surface area contributed by atoms with Gasteiger partial charge >= 0.3 is 6.09 Å². The average molecular weight is 554 g/mol. The summed E-state index contributed by atoms with van der Waals surface area (Å²) in [5, 5.41) is 11.5. The van der Waals surface area contributed by atoms with Crippen molar-refractivity contribution in [2.45, 2.75) is 19.4 Å². The average Bonchev–Trinajstić information content (AvgIpc) is 3.19. The van der Waals surface area contributed by atoms with Crippen molar-refractivity contribution < 1.29 is 28.8 Å². The van der Waals surface area contributed by atoms with E-state index in [1.165, 1.54) is 0 Å². The summed E-state index contributed by atoms with van der Waals surface area (Å²) in [7, 11) is 1.65. The highest BCUT2D eigenvalue weighted by molar-refractivity contribution is 5.83. The number of ether oxygens (including phenoxy) is 4. The zero-order valence-electron chi connectivity index (χ0n) is 22.8. The van der Waals surface area contributed by atoms with Gasteiger partial charge in [0.2, 0.25) is 5.88 Å². The minimum Gasteiger partial charge on any atom is -0.497 e. The van der Waals surface area contributed by atoms with Crippen LogP contribution in [0.4, 0.5) is 16.2 Å². The Hall–Kier alpha value is -4.76. The quantitative estimate of drug-likeness (QED) is 0.281. The number of rotatable bonds is 7. The van der Waals surface area contributed by atoms with Gasteiger partial charge in [0, 0.05) is 36.1 Å². The number of para-hydroxylation sites is 1. The van der Waals surface area contributed by atoms with Crippen LogP contribution in [0, 0.1) is 0 Å². The van der Waals surface area contributed by atoms with Crippen molar-refractivity contribution in [3.63, 3.8) is 0 Å². The molecule has 2 aliphatic heterocycles. The summed E-state index contributed by atoms with van der Waals surface area (Å²) in [4.78, 5) is 18.3. The maximum absolute atomic E-state index is 11.1. The number of benzene rings is 3. The number of methoxy groups -OCH3 is 1. The number of nitrogens with one attached hydrogen (secondary N) is 1. The van der Waals surface area contributed by atoms with Crippen molar-refractivity contribution in [1.82, 2.24) is 4.98 Å². The molecule has 0 spiro atoms. The molecule has 4 aromatic rings. The Morgan fingerprint density at radius 3 is 2.59 bits per heavy atom. The molecule has 2 aliphatic rings. The molecule has 41 heavy (non-hydrogen) atoms. The first-order chi connectivity index (χ1) is 20.1. The van der Waals surface area contributed by atoms with Gasteiger partial charge in [0.25, 0.3) is 0 Å². The van der Waals surface area contributed by atoms with E-state index < -0.39 is 6.09 Å². The number of fused-ring (bicyclic) bond motifs is 2. The first kappa shape index (κ1) is 26.5. The summed E-state index contributed by atoms with van der Waals surface area (Å²) >= 11 is 0. The Balaban J connectivity index is 1.35. The number of hydrogen-bond donors (Lipinski definition) is 2. The first-order valence-corrected chi connectivity index (χ1v) is 13.6. The standard InChI is InChI=1S/C32H31N3O6/c1-38-26-10-5-21(6-11-26)20-40-30-19-25(35-13-15-39-16-14-35)18-28(34-30)27-4-2-3-22-7-8-23-17-24(33-32(36)37)9-12-29(23)41-31(22)27/h2-6,9-12,17-19,33H,7-8,13-16,20H2,1H3,(H,36,37). The van der Waals surface area contributed by atoms with Crippen molar-refractivity contribution in [1.29, 1.82) is 0 Å². The van der Waals surface area contributed by atoms with E-state index in [0.717, 1.165) is 71.1 Å². The molecular formula is C32H31N3O6. The lowest BCUT2D eigenvalue weighted by molar-refractivity contribution is 0.122. The smallest absolute Gasteiger partial charge is 0.409 e. The fraction of sp³-hybridized carbons (Fsp3) is 0.250. The zero-order chi connectivity index (χ0) is 28.2. The molecule has 1 amide bonds. The number of carboxylic acid groups (broad SMARTS) is 1. The third kappa shape index (κ3) is 6.05. The normalized spacial score (nSPS) is 14.2. The third-order valence-corrected chi connectivity index (χ3v) is 7.27. The van der Waals surface area contributed by atoms with Crippen molar-refractivity contribution >= 4 is 17.5 Å². The maximum Gasteiger partial charge on any atom is 0.409 e. The van der Waals surface area contributed by atoms with Crippen molar-refractivity contribution in [2.75, 3.05) is 43.6 Å². The Morgan fingerprint density at radius 2 is 1.80 bits per heavy atom. The monoisotopic (exact) mass is 553 g/mol. The molecule has 6 rings (SSSR count). The third-order valence-electron chi connectivity index (χ3n) is 7.27. The lowest BCUT2D eigenvalue weighted by Gasteiger charge is -2.29.